The Kier molecular flexibility index (Phi) is 25.8. The summed E-state index contributed by atoms with van der Waals surface area (Å²) in [5.41, 5.74) is -2.51. The zero-order chi connectivity index (χ0) is 47.4. The number of nitro groups is 2. The molecule has 1 amide bonds. The topological polar surface area (TPSA) is 365 Å². The molecule has 0 aliphatic rings. The molecule has 0 radical (unpaired) electrons. The van der Waals surface area contributed by atoms with Crippen molar-refractivity contribution in [3.05, 3.63) is 128 Å². The summed E-state index contributed by atoms with van der Waals surface area (Å²) < 4.78 is 56.2. The van der Waals surface area contributed by atoms with E-state index in [9.17, 15) is 61.7 Å². The zero-order valence-electron chi connectivity index (χ0n) is 36.4. The van der Waals surface area contributed by atoms with Crippen molar-refractivity contribution in [1.82, 2.24) is 5.32 Å². The predicted octanol–water partition coefficient (Wildman–Crippen LogP) is 0.807. The molecular formula is C40H38CoK2N9O13S2. The Bertz CT molecular complexity index is 2890. The Morgan fingerprint density at radius 3 is 2.04 bits per heavy atom. The van der Waals surface area contributed by atoms with E-state index in [1.54, 1.807) is 36.4 Å². The quantitative estimate of drug-likeness (QED) is 0.0248. The molecule has 0 aromatic heterocycles. The second kappa shape index (κ2) is 28.1. The fourth-order valence-electron chi connectivity index (χ4n) is 5.66. The van der Waals surface area contributed by atoms with E-state index in [4.69, 9.17) is 5.14 Å². The van der Waals surface area contributed by atoms with Crippen molar-refractivity contribution in [1.29, 1.82) is 0 Å². The van der Waals surface area contributed by atoms with Gasteiger partial charge in [0.25, 0.3) is 17.3 Å². The van der Waals surface area contributed by atoms with Crippen LogP contribution < -0.4 is 129 Å². The first-order chi connectivity index (χ1) is 30.1. The molecule has 0 aliphatic heterocycles. The van der Waals surface area contributed by atoms with E-state index in [-0.39, 0.29) is 153 Å². The maximum absolute atomic E-state index is 12.4. The minimum atomic E-state index is -4.64. The molecule has 0 saturated heterocycles. The van der Waals surface area contributed by atoms with Crippen molar-refractivity contribution in [2.45, 2.75) is 56.2 Å². The van der Waals surface area contributed by atoms with Gasteiger partial charge in [-0.1, -0.05) is 100 Å². The van der Waals surface area contributed by atoms with Crippen molar-refractivity contribution >= 4 is 76.6 Å². The smallest absolute Gasteiger partial charge is 0.874 e. The van der Waals surface area contributed by atoms with Gasteiger partial charge in [0.2, 0.25) is 10.0 Å². The van der Waals surface area contributed by atoms with Crippen LogP contribution in [0.4, 0.5) is 39.8 Å². The van der Waals surface area contributed by atoms with Crippen LogP contribution in [0.3, 0.4) is 0 Å². The number of rotatable bonds is 17. The van der Waals surface area contributed by atoms with Gasteiger partial charge < -0.3 is 30.5 Å². The van der Waals surface area contributed by atoms with E-state index in [0.717, 1.165) is 69.0 Å². The SMILES string of the molecule is CCCCC(CC)CNC(=O)C(N=Nc1cc(S(N)(=O)=O)ccc1[O-])=C(C)[O-].O=[N+]([O-])c1cc(N=Nc2c([N-]c3ccc(S(=O)(=O)[O-])cc3)ccc3ccccc23)c([O-])c([N+](=O)[O-])c1.[Co+3].[K+].[K+]. The number of carbonyl (C=O) groups excluding carboxylic acids is 1. The number of hydrogen-bond acceptors (Lipinski definition) is 17. The van der Waals surface area contributed by atoms with E-state index >= 15 is 0 Å². The van der Waals surface area contributed by atoms with Crippen molar-refractivity contribution < 1.29 is 171 Å². The first-order valence-corrected chi connectivity index (χ1v) is 21.9. The molecule has 5 aromatic carbocycles. The van der Waals surface area contributed by atoms with Crippen LogP contribution in [-0.4, -0.2) is 43.7 Å². The monoisotopic (exact) mass is 1050 g/mol. The molecule has 1 unspecified atom stereocenters. The number of allylic oxidation sites excluding steroid dienone is 1. The molecule has 0 aliphatic carbocycles. The summed E-state index contributed by atoms with van der Waals surface area (Å²) in [5.74, 6) is -2.81. The number of non-ortho nitro benzene ring substituents is 1. The van der Waals surface area contributed by atoms with Gasteiger partial charge in [-0.15, -0.1) is 22.2 Å². The number of sulfonamides is 1. The van der Waals surface area contributed by atoms with Crippen molar-refractivity contribution in [3.63, 3.8) is 0 Å². The second-order valence-corrected chi connectivity index (χ2v) is 16.6. The van der Waals surface area contributed by atoms with Gasteiger partial charge in [-0.2, -0.15) is 15.3 Å². The van der Waals surface area contributed by atoms with Crippen molar-refractivity contribution in [2.24, 2.45) is 31.5 Å². The third-order valence-electron chi connectivity index (χ3n) is 9.11. The zero-order valence-corrected chi connectivity index (χ0v) is 45.4. The molecule has 5 rings (SSSR count). The molecule has 344 valence electrons. The van der Waals surface area contributed by atoms with Crippen LogP contribution in [0.25, 0.3) is 16.1 Å². The Hall–Kier alpha value is -3.63. The third-order valence-corrected chi connectivity index (χ3v) is 10.9. The molecular weight excluding hydrogens is 1020 g/mol. The molecule has 0 heterocycles. The standard InChI is InChI=1S/C22H14N5O8S.C18H28N4O5S.Co.2K/c28-22-19(11-15(26(29)30)12-20(22)27(31)32)24-25-21-17-4-2-1-3-13(17)5-10-18(21)23-14-6-8-16(9-7-14)36(33,34)35;1-4-6-7-13(5-2)11-20-18(25)17(12(3)23)22-21-15-10-14(28(19,26)27)8-9-16(15)24;;;/h1-12H,(H2-,23,24,25,28,33,34,35);8-10,13,23-24H,4-7,11H2,1-3H3,(H,20,25)(H2,19,26,27);;;/q-1;;+3;2*+1/p-4. The van der Waals surface area contributed by atoms with Crippen LogP contribution in [0.1, 0.15) is 46.5 Å². The number of fused-ring (bicyclic) bond motifs is 1. The summed E-state index contributed by atoms with van der Waals surface area (Å²) in [6, 6.07) is 19.3. The first kappa shape index (κ1) is 61.4. The van der Waals surface area contributed by atoms with Gasteiger partial charge in [-0.3, -0.25) is 25.0 Å². The molecule has 67 heavy (non-hydrogen) atoms. The predicted molar refractivity (Wildman–Crippen MR) is 225 cm³/mol. The molecule has 3 N–H and O–H groups in total. The van der Waals surface area contributed by atoms with Crippen LogP contribution in [0.15, 0.2) is 133 Å². The number of azo groups is 2. The largest absolute Gasteiger partial charge is 3.00 e. The minimum absolute atomic E-state index is 0. The molecule has 0 saturated carbocycles. The summed E-state index contributed by atoms with van der Waals surface area (Å²) in [5, 5.41) is 86.7. The summed E-state index contributed by atoms with van der Waals surface area (Å²) in [6.45, 7) is 5.66. The molecule has 5 aromatic rings. The summed E-state index contributed by atoms with van der Waals surface area (Å²) >= 11 is 0. The van der Waals surface area contributed by atoms with Gasteiger partial charge in [0.05, 0.1) is 42.8 Å². The average Bonchev–Trinajstić information content (AvgIpc) is 3.23. The second-order valence-electron chi connectivity index (χ2n) is 13.6. The van der Waals surface area contributed by atoms with Gasteiger partial charge in [-0.05, 0) is 42.0 Å². The normalized spacial score (nSPS) is 12.1. The van der Waals surface area contributed by atoms with E-state index in [1.807, 2.05) is 6.92 Å². The molecule has 27 heteroatoms. The third kappa shape index (κ3) is 18.0. The van der Waals surface area contributed by atoms with Crippen LogP contribution >= 0.6 is 0 Å². The summed E-state index contributed by atoms with van der Waals surface area (Å²) in [6.07, 6.45) is 3.95. The Balaban J connectivity index is 0.000000662. The van der Waals surface area contributed by atoms with Gasteiger partial charge in [0.15, 0.2) is 0 Å². The van der Waals surface area contributed by atoms with Crippen molar-refractivity contribution in [2.75, 3.05) is 6.54 Å². The van der Waals surface area contributed by atoms with Crippen molar-refractivity contribution in [3.8, 4) is 11.5 Å². The van der Waals surface area contributed by atoms with Crippen LogP contribution in [0, 0.1) is 26.1 Å². The fraction of sp³-hybridized carbons (Fsp3) is 0.225. The number of unbranched alkanes of at least 4 members (excludes halogenated alkanes) is 1. The van der Waals surface area contributed by atoms with Gasteiger partial charge in [-0.25, -0.2) is 22.0 Å². The number of amides is 1. The number of nitro benzene ring substituents is 2. The van der Waals surface area contributed by atoms with Gasteiger partial charge in [0.1, 0.15) is 15.8 Å². The summed E-state index contributed by atoms with van der Waals surface area (Å²) in [4.78, 5) is 31.9. The number of primary sulfonamides is 1. The molecule has 0 spiro atoms. The maximum atomic E-state index is 12.4. The van der Waals surface area contributed by atoms with Crippen LogP contribution in [-0.2, 0) is 41.7 Å². The van der Waals surface area contributed by atoms with E-state index in [2.05, 4.69) is 38.0 Å². The number of nitrogens with one attached hydrogen (secondary N) is 1. The van der Waals surface area contributed by atoms with E-state index in [1.165, 1.54) is 12.1 Å². The minimum Gasteiger partial charge on any atom is -0.874 e. The molecule has 0 fully saturated rings. The fourth-order valence-corrected chi connectivity index (χ4v) is 6.67. The Labute approximate surface area is 480 Å². The van der Waals surface area contributed by atoms with Crippen LogP contribution in [0.2, 0.25) is 0 Å². The molecule has 0 bridgehead atoms. The number of hydrogen-bond donors (Lipinski definition) is 2. The van der Waals surface area contributed by atoms with Gasteiger partial charge >= 0.3 is 120 Å². The number of carbonyl (C=O) groups is 1. The Morgan fingerprint density at radius 2 is 1.48 bits per heavy atom. The Morgan fingerprint density at radius 1 is 0.836 bits per heavy atom. The molecule has 1 atom stereocenters. The average molecular weight is 1050 g/mol. The number of benzene rings is 5. The summed E-state index contributed by atoms with van der Waals surface area (Å²) in [7, 11) is -8.68. The number of nitrogens with two attached hydrogens (primary N) is 1. The maximum Gasteiger partial charge on any atom is 3.00 e. The van der Waals surface area contributed by atoms with E-state index < -0.39 is 80.8 Å². The van der Waals surface area contributed by atoms with E-state index in [0.29, 0.717) is 23.4 Å². The van der Waals surface area contributed by atoms with Crippen LogP contribution in [0.5, 0.6) is 11.5 Å². The number of nitrogens with zero attached hydrogens (tertiary/aromatic N) is 7. The van der Waals surface area contributed by atoms with Gasteiger partial charge in [0, 0.05) is 23.7 Å². The first-order valence-electron chi connectivity index (χ1n) is 18.9. The molecule has 22 nitrogen and oxygen atoms in total.